The van der Waals surface area contributed by atoms with Crippen LogP contribution in [0.4, 0.5) is 0 Å². The summed E-state index contributed by atoms with van der Waals surface area (Å²) in [4.78, 5) is 29.7. The lowest BCUT2D eigenvalue weighted by atomic mass is 9.92. The molecule has 5 N–H and O–H groups in total. The Morgan fingerprint density at radius 1 is 1.14 bits per heavy atom. The molecule has 0 aliphatic carbocycles. The second kappa shape index (κ2) is 10.2. The average Bonchev–Trinajstić information content (AvgIpc) is 2.65. The van der Waals surface area contributed by atoms with E-state index in [0.29, 0.717) is 12.5 Å². The fraction of sp³-hybridized carbons (Fsp3) is 0.500. The van der Waals surface area contributed by atoms with Crippen molar-refractivity contribution in [2.75, 3.05) is 34.2 Å². The number of benzene rings is 1. The van der Waals surface area contributed by atoms with Crippen LogP contribution < -0.4 is 21.1 Å². The van der Waals surface area contributed by atoms with Crippen molar-refractivity contribution in [2.24, 2.45) is 15.5 Å². The molecule has 2 amide bonds. The highest BCUT2D eigenvalue weighted by Crippen LogP contribution is 2.13. The SMILES string of the molecule is CNC(=O)C(C)(C)CNC(=NCc1ccc(S(N)(=O)=O)cc1)NCC(=O)N(C)C. The van der Waals surface area contributed by atoms with Crippen LogP contribution in [0.15, 0.2) is 34.2 Å². The summed E-state index contributed by atoms with van der Waals surface area (Å²) in [5, 5.41) is 13.7. The first-order valence-electron chi connectivity index (χ1n) is 8.93. The van der Waals surface area contributed by atoms with Gasteiger partial charge in [-0.05, 0) is 31.5 Å². The number of hydrogen-bond acceptors (Lipinski definition) is 5. The number of sulfonamides is 1. The van der Waals surface area contributed by atoms with Crippen LogP contribution in [0.3, 0.4) is 0 Å². The monoisotopic (exact) mass is 426 g/mol. The second-order valence-electron chi connectivity index (χ2n) is 7.31. The third kappa shape index (κ3) is 8.08. The first-order chi connectivity index (χ1) is 13.4. The van der Waals surface area contributed by atoms with Crippen molar-refractivity contribution in [1.82, 2.24) is 20.9 Å². The van der Waals surface area contributed by atoms with Gasteiger partial charge in [0.1, 0.15) is 0 Å². The molecule has 1 aromatic rings. The van der Waals surface area contributed by atoms with Crippen molar-refractivity contribution in [3.05, 3.63) is 29.8 Å². The number of aliphatic imine (C=N–C) groups is 1. The Kier molecular flexibility index (Phi) is 8.59. The highest BCUT2D eigenvalue weighted by molar-refractivity contribution is 7.89. The van der Waals surface area contributed by atoms with Crippen LogP contribution in [-0.4, -0.2) is 65.3 Å². The van der Waals surface area contributed by atoms with Gasteiger partial charge in [-0.15, -0.1) is 0 Å². The Bertz CT molecular complexity index is 848. The Morgan fingerprint density at radius 2 is 1.72 bits per heavy atom. The molecule has 0 bridgehead atoms. The van der Waals surface area contributed by atoms with E-state index in [1.54, 1.807) is 47.1 Å². The van der Waals surface area contributed by atoms with Gasteiger partial charge in [-0.1, -0.05) is 12.1 Å². The minimum atomic E-state index is -3.75. The molecule has 162 valence electrons. The standard InChI is InChI=1S/C18H30N6O4S/c1-18(2,16(26)20-3)12-23-17(22-11-15(25)24(4)5)21-10-13-6-8-14(9-7-13)29(19,27)28/h6-9H,10-12H2,1-5H3,(H,20,26)(H2,19,27,28)(H2,21,22,23). The predicted molar refractivity (Wildman–Crippen MR) is 112 cm³/mol. The second-order valence-corrected chi connectivity index (χ2v) is 8.87. The topological polar surface area (TPSA) is 146 Å². The van der Waals surface area contributed by atoms with Gasteiger partial charge in [0, 0.05) is 27.7 Å². The molecule has 1 rings (SSSR count). The predicted octanol–water partition coefficient (Wildman–Crippen LogP) is -0.770. The van der Waals surface area contributed by atoms with E-state index in [-0.39, 0.29) is 29.8 Å². The number of primary sulfonamides is 1. The first-order valence-corrected chi connectivity index (χ1v) is 10.5. The third-order valence-corrected chi connectivity index (χ3v) is 5.05. The maximum absolute atomic E-state index is 12.0. The van der Waals surface area contributed by atoms with Crippen molar-refractivity contribution in [3.63, 3.8) is 0 Å². The molecule has 10 nitrogen and oxygen atoms in total. The Balaban J connectivity index is 2.91. The van der Waals surface area contributed by atoms with Crippen LogP contribution >= 0.6 is 0 Å². The van der Waals surface area contributed by atoms with Gasteiger partial charge >= 0.3 is 0 Å². The van der Waals surface area contributed by atoms with E-state index < -0.39 is 15.4 Å². The Hall–Kier alpha value is -2.66. The molecule has 0 unspecified atom stereocenters. The number of amides is 2. The van der Waals surface area contributed by atoms with E-state index >= 15 is 0 Å². The van der Waals surface area contributed by atoms with Gasteiger partial charge in [-0.2, -0.15) is 0 Å². The van der Waals surface area contributed by atoms with E-state index in [2.05, 4.69) is 20.9 Å². The summed E-state index contributed by atoms with van der Waals surface area (Å²) in [6.45, 7) is 4.13. The van der Waals surface area contributed by atoms with Gasteiger partial charge < -0.3 is 20.9 Å². The molecular formula is C18H30N6O4S. The smallest absolute Gasteiger partial charge is 0.241 e. The molecule has 0 saturated heterocycles. The number of rotatable bonds is 8. The number of likely N-dealkylation sites (N-methyl/N-ethyl adjacent to an activating group) is 1. The zero-order chi connectivity index (χ0) is 22.2. The van der Waals surface area contributed by atoms with Crippen LogP contribution in [0.2, 0.25) is 0 Å². The van der Waals surface area contributed by atoms with E-state index in [0.717, 1.165) is 5.56 Å². The third-order valence-electron chi connectivity index (χ3n) is 4.12. The van der Waals surface area contributed by atoms with Crippen molar-refractivity contribution < 1.29 is 18.0 Å². The molecule has 0 fully saturated rings. The Morgan fingerprint density at radius 3 is 2.21 bits per heavy atom. The zero-order valence-corrected chi connectivity index (χ0v) is 18.3. The number of nitrogens with zero attached hydrogens (tertiary/aromatic N) is 2. The summed E-state index contributed by atoms with van der Waals surface area (Å²) in [5.74, 6) is 0.0857. The molecular weight excluding hydrogens is 396 g/mol. The minimum Gasteiger partial charge on any atom is -0.359 e. The maximum atomic E-state index is 12.0. The Labute approximate surface area is 172 Å². The highest BCUT2D eigenvalue weighted by Gasteiger charge is 2.26. The van der Waals surface area contributed by atoms with Crippen LogP contribution in [-0.2, 0) is 26.2 Å². The summed E-state index contributed by atoms with van der Waals surface area (Å²) in [6.07, 6.45) is 0. The summed E-state index contributed by atoms with van der Waals surface area (Å²) in [5.41, 5.74) is 0.0582. The lowest BCUT2D eigenvalue weighted by Gasteiger charge is -2.24. The van der Waals surface area contributed by atoms with Crippen LogP contribution in [0.5, 0.6) is 0 Å². The molecule has 0 heterocycles. The molecule has 0 saturated carbocycles. The van der Waals surface area contributed by atoms with Gasteiger partial charge in [0.05, 0.1) is 23.4 Å². The van der Waals surface area contributed by atoms with Crippen LogP contribution in [0, 0.1) is 5.41 Å². The zero-order valence-electron chi connectivity index (χ0n) is 17.4. The largest absolute Gasteiger partial charge is 0.359 e. The molecule has 0 spiro atoms. The van der Waals surface area contributed by atoms with Crippen molar-refractivity contribution in [1.29, 1.82) is 0 Å². The van der Waals surface area contributed by atoms with Crippen molar-refractivity contribution in [2.45, 2.75) is 25.3 Å². The van der Waals surface area contributed by atoms with Gasteiger partial charge in [0.15, 0.2) is 5.96 Å². The molecule has 0 aliphatic rings. The fourth-order valence-corrected chi connectivity index (χ4v) is 2.69. The lowest BCUT2D eigenvalue weighted by molar-refractivity contribution is -0.129. The van der Waals surface area contributed by atoms with Gasteiger partial charge in [0.25, 0.3) is 0 Å². The average molecular weight is 427 g/mol. The molecule has 0 radical (unpaired) electrons. The summed E-state index contributed by atoms with van der Waals surface area (Å²) in [7, 11) is 1.11. The van der Waals surface area contributed by atoms with Gasteiger partial charge in [-0.3, -0.25) is 9.59 Å². The molecule has 29 heavy (non-hydrogen) atoms. The van der Waals surface area contributed by atoms with Gasteiger partial charge in [0.2, 0.25) is 21.8 Å². The normalized spacial score (nSPS) is 12.3. The molecule has 0 aromatic heterocycles. The number of carbonyl (C=O) groups is 2. The lowest BCUT2D eigenvalue weighted by Crippen LogP contribution is -2.48. The molecule has 0 atom stereocenters. The van der Waals surface area contributed by atoms with E-state index in [4.69, 9.17) is 5.14 Å². The highest BCUT2D eigenvalue weighted by atomic mass is 32.2. The quantitative estimate of drug-likeness (QED) is 0.317. The minimum absolute atomic E-state index is 0.0191. The van der Waals surface area contributed by atoms with Crippen LogP contribution in [0.1, 0.15) is 19.4 Å². The van der Waals surface area contributed by atoms with Crippen molar-refractivity contribution in [3.8, 4) is 0 Å². The number of nitrogens with two attached hydrogens (primary N) is 1. The first kappa shape index (κ1) is 24.4. The van der Waals surface area contributed by atoms with Crippen LogP contribution in [0.25, 0.3) is 0 Å². The number of nitrogens with one attached hydrogen (secondary N) is 3. The number of hydrogen-bond donors (Lipinski definition) is 4. The maximum Gasteiger partial charge on any atom is 0.241 e. The molecule has 11 heteroatoms. The van der Waals surface area contributed by atoms with E-state index in [1.807, 2.05) is 0 Å². The summed E-state index contributed by atoms with van der Waals surface area (Å²) in [6, 6.07) is 6.04. The van der Waals surface area contributed by atoms with Gasteiger partial charge in [-0.25, -0.2) is 18.5 Å². The van der Waals surface area contributed by atoms with Crippen molar-refractivity contribution >= 4 is 27.8 Å². The summed E-state index contributed by atoms with van der Waals surface area (Å²) >= 11 is 0. The van der Waals surface area contributed by atoms with E-state index in [9.17, 15) is 18.0 Å². The summed E-state index contributed by atoms with van der Waals surface area (Å²) < 4.78 is 22.7. The fourth-order valence-electron chi connectivity index (χ4n) is 2.17. The molecule has 1 aromatic carbocycles. The number of carbonyl (C=O) groups excluding carboxylic acids is 2. The number of guanidine groups is 1. The molecule has 0 aliphatic heterocycles. The van der Waals surface area contributed by atoms with E-state index in [1.165, 1.54) is 17.0 Å².